The minimum atomic E-state index is -0.788. The summed E-state index contributed by atoms with van der Waals surface area (Å²) in [5.41, 5.74) is 0. The summed E-state index contributed by atoms with van der Waals surface area (Å²) in [6, 6.07) is 0. The predicted octanol–water partition coefficient (Wildman–Crippen LogP) is 2.21. The van der Waals surface area contributed by atoms with Crippen LogP contribution < -0.4 is 0 Å². The Morgan fingerprint density at radius 1 is 1.20 bits per heavy atom. The maximum Gasteiger partial charge on any atom is 0.109 e. The van der Waals surface area contributed by atoms with Crippen LogP contribution in [0.1, 0.15) is 0 Å². The van der Waals surface area contributed by atoms with E-state index in [1.54, 1.807) is 0 Å². The zero-order valence-corrected chi connectivity index (χ0v) is 7.16. The van der Waals surface area contributed by atoms with Gasteiger partial charge in [-0.2, -0.15) is 0 Å². The molecule has 0 aromatic carbocycles. The van der Waals surface area contributed by atoms with E-state index >= 15 is 0 Å². The molecule has 1 aliphatic carbocycles. The largest absolute Gasteiger partial charge is 0.383 e. The van der Waals surface area contributed by atoms with Gasteiger partial charge in [0.1, 0.15) is 6.10 Å². The van der Waals surface area contributed by atoms with Gasteiger partial charge in [0.2, 0.25) is 0 Å². The van der Waals surface area contributed by atoms with E-state index in [1.165, 1.54) is 12.2 Å². The van der Waals surface area contributed by atoms with Gasteiger partial charge in [-0.3, -0.25) is 0 Å². The van der Waals surface area contributed by atoms with Crippen LogP contribution in [-0.4, -0.2) is 16.6 Å². The first-order valence-electron chi connectivity index (χ1n) is 2.68. The van der Waals surface area contributed by atoms with Crippen molar-refractivity contribution >= 4 is 34.8 Å². The van der Waals surface area contributed by atoms with Crippen molar-refractivity contribution in [1.82, 2.24) is 0 Å². The van der Waals surface area contributed by atoms with E-state index < -0.39 is 11.5 Å². The maximum absolute atomic E-state index is 9.05. The van der Waals surface area contributed by atoms with Gasteiger partial charge >= 0.3 is 0 Å². The molecule has 56 valence electrons. The van der Waals surface area contributed by atoms with Gasteiger partial charge in [0.05, 0.1) is 5.38 Å². The Morgan fingerprint density at radius 2 is 1.80 bits per heavy atom. The van der Waals surface area contributed by atoms with E-state index in [4.69, 9.17) is 39.9 Å². The molecule has 0 aromatic heterocycles. The van der Waals surface area contributed by atoms with Crippen molar-refractivity contribution in [3.8, 4) is 0 Å². The zero-order valence-electron chi connectivity index (χ0n) is 4.89. The fraction of sp³-hybridized carbons (Fsp3) is 0.333. The van der Waals surface area contributed by atoms with Crippen molar-refractivity contribution in [2.75, 3.05) is 0 Å². The number of hydrogen-bond donors (Lipinski definition) is 1. The molecule has 0 aromatic rings. The van der Waals surface area contributed by atoms with Crippen molar-refractivity contribution in [2.24, 2.45) is 0 Å². The van der Waals surface area contributed by atoms with Crippen LogP contribution in [0.2, 0.25) is 0 Å². The molecular weight excluding hydrogens is 194 g/mol. The Hall–Kier alpha value is 0.310. The fourth-order valence-electron chi connectivity index (χ4n) is 0.640. The monoisotopic (exact) mass is 198 g/mol. The number of aliphatic hydroxyl groups is 1. The Labute approximate surface area is 73.9 Å². The molecule has 1 nitrogen and oxygen atoms in total. The molecule has 0 bridgehead atoms. The summed E-state index contributed by atoms with van der Waals surface area (Å²) in [6.07, 6.45) is 2.14. The van der Waals surface area contributed by atoms with E-state index in [9.17, 15) is 0 Å². The van der Waals surface area contributed by atoms with Crippen LogP contribution >= 0.6 is 34.8 Å². The average Bonchev–Trinajstić information content (AvgIpc) is 1.84. The number of halogens is 3. The number of aliphatic hydroxyl groups excluding tert-OH is 1. The molecule has 1 rings (SSSR count). The molecule has 4 heteroatoms. The summed E-state index contributed by atoms with van der Waals surface area (Å²) in [7, 11) is 0. The topological polar surface area (TPSA) is 20.2 Å². The van der Waals surface area contributed by atoms with Crippen LogP contribution in [0, 0.1) is 0 Å². The minimum absolute atomic E-state index is 0.324. The third-order valence-corrected chi connectivity index (χ3v) is 2.35. The van der Waals surface area contributed by atoms with Crippen LogP contribution in [0.5, 0.6) is 0 Å². The molecule has 10 heavy (non-hydrogen) atoms. The SMILES string of the molecule is OC1C=C(Cl)C(Cl)C=C1Cl. The van der Waals surface area contributed by atoms with Gasteiger partial charge in [-0.05, 0) is 12.2 Å². The summed E-state index contributed by atoms with van der Waals surface area (Å²) >= 11 is 16.8. The van der Waals surface area contributed by atoms with E-state index in [0.717, 1.165) is 0 Å². The highest BCUT2D eigenvalue weighted by Gasteiger charge is 2.17. The second-order valence-electron chi connectivity index (χ2n) is 1.95. The molecule has 1 N–H and O–H groups in total. The van der Waals surface area contributed by atoms with Gasteiger partial charge in [0.25, 0.3) is 0 Å². The summed E-state index contributed by atoms with van der Waals surface area (Å²) < 4.78 is 0. The molecule has 0 saturated carbocycles. The quantitative estimate of drug-likeness (QED) is 0.593. The van der Waals surface area contributed by atoms with Gasteiger partial charge in [-0.25, -0.2) is 0 Å². The van der Waals surface area contributed by atoms with Crippen molar-refractivity contribution in [3.05, 3.63) is 22.2 Å². The van der Waals surface area contributed by atoms with Crippen LogP contribution in [0.4, 0.5) is 0 Å². The third-order valence-electron chi connectivity index (χ3n) is 1.17. The number of rotatable bonds is 0. The minimum Gasteiger partial charge on any atom is -0.383 e. The van der Waals surface area contributed by atoms with Crippen LogP contribution in [0.3, 0.4) is 0 Å². The Morgan fingerprint density at radius 3 is 2.30 bits per heavy atom. The molecule has 0 spiro atoms. The van der Waals surface area contributed by atoms with E-state index in [0.29, 0.717) is 10.1 Å². The normalized spacial score (nSPS) is 33.2. The van der Waals surface area contributed by atoms with Gasteiger partial charge in [0.15, 0.2) is 0 Å². The summed E-state index contributed by atoms with van der Waals surface area (Å²) in [5.74, 6) is 0. The Kier molecular flexibility index (Phi) is 2.64. The first-order valence-corrected chi connectivity index (χ1v) is 3.87. The summed E-state index contributed by atoms with van der Waals surface area (Å²) in [4.78, 5) is 0. The fourth-order valence-corrected chi connectivity index (χ4v) is 1.28. The third kappa shape index (κ3) is 1.67. The second kappa shape index (κ2) is 3.14. The highest BCUT2D eigenvalue weighted by molar-refractivity contribution is 6.39. The Bertz CT molecular complexity index is 175. The van der Waals surface area contributed by atoms with E-state index in [-0.39, 0.29) is 0 Å². The average molecular weight is 199 g/mol. The van der Waals surface area contributed by atoms with Crippen LogP contribution in [-0.2, 0) is 0 Å². The molecule has 0 amide bonds. The highest BCUT2D eigenvalue weighted by Crippen LogP contribution is 2.26. The highest BCUT2D eigenvalue weighted by atomic mass is 35.5. The number of alkyl halides is 1. The van der Waals surface area contributed by atoms with Crippen molar-refractivity contribution in [2.45, 2.75) is 11.5 Å². The van der Waals surface area contributed by atoms with Gasteiger partial charge < -0.3 is 5.11 Å². The van der Waals surface area contributed by atoms with Crippen LogP contribution in [0.25, 0.3) is 0 Å². The van der Waals surface area contributed by atoms with E-state index in [2.05, 4.69) is 0 Å². The van der Waals surface area contributed by atoms with Crippen molar-refractivity contribution in [3.63, 3.8) is 0 Å². The van der Waals surface area contributed by atoms with Gasteiger partial charge in [0, 0.05) is 10.1 Å². The first-order chi connectivity index (χ1) is 4.61. The lowest BCUT2D eigenvalue weighted by molar-refractivity contribution is 0.265. The zero-order chi connectivity index (χ0) is 7.72. The second-order valence-corrected chi connectivity index (χ2v) is 3.29. The lowest BCUT2D eigenvalue weighted by Gasteiger charge is -2.14. The first kappa shape index (κ1) is 8.41. The standard InChI is InChI=1S/C6H5Cl3O/c7-3-1-5(9)6(10)2-4(3)8/h1-3,6,10H. The predicted molar refractivity (Wildman–Crippen MR) is 43.5 cm³/mol. The number of allylic oxidation sites excluding steroid dienone is 2. The smallest absolute Gasteiger partial charge is 0.109 e. The van der Waals surface area contributed by atoms with Crippen molar-refractivity contribution < 1.29 is 5.11 Å². The summed E-state index contributed by atoms with van der Waals surface area (Å²) in [6.45, 7) is 0. The molecule has 0 aliphatic heterocycles. The Balaban J connectivity index is 2.81. The van der Waals surface area contributed by atoms with Gasteiger partial charge in [-0.15, -0.1) is 11.6 Å². The molecule has 1 aliphatic rings. The lowest BCUT2D eigenvalue weighted by Crippen LogP contribution is -2.12. The lowest BCUT2D eigenvalue weighted by atomic mass is 10.1. The van der Waals surface area contributed by atoms with Crippen molar-refractivity contribution in [1.29, 1.82) is 0 Å². The molecule has 2 unspecified atom stereocenters. The van der Waals surface area contributed by atoms with Crippen LogP contribution in [0.15, 0.2) is 22.2 Å². The molecule has 2 atom stereocenters. The molecule has 0 heterocycles. The summed E-state index contributed by atoms with van der Waals surface area (Å²) in [5, 5.41) is 9.39. The molecule has 0 saturated heterocycles. The molecule has 0 fully saturated rings. The molecule has 0 radical (unpaired) electrons. The van der Waals surface area contributed by atoms with Gasteiger partial charge in [-0.1, -0.05) is 23.2 Å². The number of hydrogen-bond acceptors (Lipinski definition) is 1. The molecular formula is C6H5Cl3O. The maximum atomic E-state index is 9.05. The van der Waals surface area contributed by atoms with E-state index in [1.807, 2.05) is 0 Å².